The van der Waals surface area contributed by atoms with Gasteiger partial charge in [0.1, 0.15) is 0 Å². The predicted molar refractivity (Wildman–Crippen MR) is 50.0 cm³/mol. The standard InChI is InChI=1S/CH4BFO2.3BFH2O2/c1-5-2(3)4;3*2-1(3)4/h4H,1H3;3*3-4H. The van der Waals surface area contributed by atoms with Crippen molar-refractivity contribution in [2.45, 2.75) is 0 Å². The van der Waals surface area contributed by atoms with Gasteiger partial charge in [-0.1, -0.05) is 0 Å². The molecule has 0 unspecified atom stereocenters. The van der Waals surface area contributed by atoms with Gasteiger partial charge in [0, 0.05) is 7.11 Å². The first-order chi connectivity index (χ1) is 7.47. The Balaban J connectivity index is -0.0000000667. The van der Waals surface area contributed by atoms with Gasteiger partial charge in [-0.2, -0.15) is 0 Å². The van der Waals surface area contributed by atoms with Gasteiger partial charge in [-0.05, 0) is 0 Å². The number of hydrogen-bond donors (Lipinski definition) is 7. The van der Waals surface area contributed by atoms with Gasteiger partial charge >= 0.3 is 29.6 Å². The minimum atomic E-state index is -2.67. The molecule has 8 nitrogen and oxygen atoms in total. The van der Waals surface area contributed by atoms with Crippen molar-refractivity contribution in [3.05, 3.63) is 0 Å². The summed E-state index contributed by atoms with van der Waals surface area (Å²) in [5.74, 6) is 0. The van der Waals surface area contributed by atoms with Gasteiger partial charge in [0.2, 0.25) is 0 Å². The molecule has 0 aromatic rings. The molecular weight excluding hydrogens is 259 g/mol. The van der Waals surface area contributed by atoms with E-state index < -0.39 is 29.6 Å². The van der Waals surface area contributed by atoms with Gasteiger partial charge in [0.25, 0.3) is 0 Å². The summed E-state index contributed by atoms with van der Waals surface area (Å²) >= 11 is 0. The van der Waals surface area contributed by atoms with Crippen molar-refractivity contribution >= 4 is 29.6 Å². The second-order valence-corrected chi connectivity index (χ2v) is 1.46. The van der Waals surface area contributed by atoms with Crippen LogP contribution in [-0.4, -0.2) is 71.9 Å². The largest absolute Gasteiger partial charge is 0.677 e. The van der Waals surface area contributed by atoms with Gasteiger partial charge in [0.05, 0.1) is 0 Å². The molecule has 17 heavy (non-hydrogen) atoms. The topological polar surface area (TPSA) is 151 Å². The molecule has 0 saturated heterocycles. The summed E-state index contributed by atoms with van der Waals surface area (Å²) in [5, 5.41) is 49.1. The molecule has 0 heterocycles. The molecule has 0 spiro atoms. The predicted octanol–water partition coefficient (Wildman–Crippen LogP) is -3.64. The van der Waals surface area contributed by atoms with E-state index in [0.29, 0.717) is 0 Å². The number of rotatable bonds is 1. The minimum absolute atomic E-state index is 1.07. The zero-order valence-electron chi connectivity index (χ0n) is 8.36. The second-order valence-electron chi connectivity index (χ2n) is 1.46. The fourth-order valence-corrected chi connectivity index (χ4v) is 0. The van der Waals surface area contributed by atoms with Crippen LogP contribution in [0.15, 0.2) is 0 Å². The fourth-order valence-electron chi connectivity index (χ4n) is 0. The van der Waals surface area contributed by atoms with Gasteiger partial charge in [-0.25, -0.2) is 0 Å². The van der Waals surface area contributed by atoms with Crippen LogP contribution in [-0.2, 0) is 4.65 Å². The molecule has 0 aliphatic carbocycles. The number of hydrogen-bond acceptors (Lipinski definition) is 8. The summed E-state index contributed by atoms with van der Waals surface area (Å²) in [4.78, 5) is 0. The average molecular weight is 269 g/mol. The highest BCUT2D eigenvalue weighted by Crippen LogP contribution is 1.71. The summed E-state index contributed by atoms with van der Waals surface area (Å²) in [6.07, 6.45) is 0. The smallest absolute Gasteiger partial charge is 0.398 e. The van der Waals surface area contributed by atoms with Crippen molar-refractivity contribution < 1.29 is 57.1 Å². The van der Waals surface area contributed by atoms with Crippen molar-refractivity contribution in [1.29, 1.82) is 0 Å². The molecule has 0 aromatic heterocycles. The molecule has 0 aromatic carbocycles. The third-order valence-corrected chi connectivity index (χ3v) is 0.194. The molecule has 0 saturated carbocycles. The van der Waals surface area contributed by atoms with E-state index in [-0.39, 0.29) is 0 Å². The Morgan fingerprint density at radius 3 is 0.706 bits per heavy atom. The lowest BCUT2D eigenvalue weighted by molar-refractivity contribution is 0.276. The van der Waals surface area contributed by atoms with E-state index in [2.05, 4.69) is 4.65 Å². The molecule has 0 radical (unpaired) electrons. The quantitative estimate of drug-likeness (QED) is 0.190. The molecule has 0 rings (SSSR count). The molecule has 16 heteroatoms. The lowest BCUT2D eigenvalue weighted by Crippen LogP contribution is -2.05. The molecular formula is CH10B4F4O8. The van der Waals surface area contributed by atoms with Crippen LogP contribution in [0.4, 0.5) is 17.3 Å². The monoisotopic (exact) mass is 270 g/mol. The summed E-state index contributed by atoms with van der Waals surface area (Å²) < 4.78 is 44.7. The Kier molecular flexibility index (Phi) is 31.5. The molecule has 0 aliphatic heterocycles. The van der Waals surface area contributed by atoms with Crippen LogP contribution >= 0.6 is 0 Å². The molecule has 102 valence electrons. The van der Waals surface area contributed by atoms with Crippen LogP contribution < -0.4 is 0 Å². The van der Waals surface area contributed by atoms with E-state index in [1.807, 2.05) is 0 Å². The van der Waals surface area contributed by atoms with Crippen LogP contribution in [0.3, 0.4) is 0 Å². The van der Waals surface area contributed by atoms with E-state index in [4.69, 9.17) is 35.2 Å². The Hall–Kier alpha value is -0.340. The van der Waals surface area contributed by atoms with Gasteiger partial charge in [-0.15, -0.1) is 0 Å². The summed E-state index contributed by atoms with van der Waals surface area (Å²) in [7, 11) is -9.04. The fraction of sp³-hybridized carbons (Fsp3) is 1.00. The Morgan fingerprint density at radius 2 is 0.706 bits per heavy atom. The lowest BCUT2D eigenvalue weighted by Gasteiger charge is -1.81. The first-order valence-corrected chi connectivity index (χ1v) is 3.32. The molecule has 7 N–H and O–H groups in total. The normalized spacial score (nSPS) is 7.06. The van der Waals surface area contributed by atoms with E-state index >= 15 is 0 Å². The van der Waals surface area contributed by atoms with Gasteiger partial charge in [-0.3, -0.25) is 17.3 Å². The van der Waals surface area contributed by atoms with Crippen molar-refractivity contribution in [2.24, 2.45) is 0 Å². The summed E-state index contributed by atoms with van der Waals surface area (Å²) in [6.45, 7) is 0. The third-order valence-electron chi connectivity index (χ3n) is 0.194. The van der Waals surface area contributed by atoms with E-state index in [0.717, 1.165) is 7.11 Å². The molecule has 0 atom stereocenters. The molecule has 0 fully saturated rings. The maximum absolute atomic E-state index is 10.8. The van der Waals surface area contributed by atoms with E-state index in [1.54, 1.807) is 0 Å². The highest BCUT2D eigenvalue weighted by atomic mass is 19.1. The minimum Gasteiger partial charge on any atom is -0.398 e. The average Bonchev–Trinajstić information content (AvgIpc) is 2.00. The first kappa shape index (κ1) is 25.5. The maximum Gasteiger partial charge on any atom is 0.677 e. The zero-order chi connectivity index (χ0) is 15.0. The van der Waals surface area contributed by atoms with Crippen molar-refractivity contribution in [2.75, 3.05) is 7.11 Å². The van der Waals surface area contributed by atoms with Crippen LogP contribution in [0.1, 0.15) is 0 Å². The highest BCUT2D eigenvalue weighted by molar-refractivity contribution is 6.33. The van der Waals surface area contributed by atoms with Crippen LogP contribution in [0.5, 0.6) is 0 Å². The lowest BCUT2D eigenvalue weighted by atomic mass is 10.3. The second kappa shape index (κ2) is 21.0. The summed E-state index contributed by atoms with van der Waals surface area (Å²) in [6, 6.07) is 0. The van der Waals surface area contributed by atoms with E-state index in [9.17, 15) is 17.3 Å². The zero-order valence-corrected chi connectivity index (χ0v) is 8.36. The van der Waals surface area contributed by atoms with Crippen molar-refractivity contribution in [1.82, 2.24) is 0 Å². The van der Waals surface area contributed by atoms with Crippen LogP contribution in [0, 0.1) is 0 Å². The Bertz CT molecular complexity index is 95.2. The van der Waals surface area contributed by atoms with Gasteiger partial charge in [0.15, 0.2) is 0 Å². The number of halogens is 4. The Labute approximate surface area is 94.9 Å². The highest BCUT2D eigenvalue weighted by Gasteiger charge is 2.04. The Morgan fingerprint density at radius 1 is 0.647 bits per heavy atom. The van der Waals surface area contributed by atoms with Crippen molar-refractivity contribution in [3.8, 4) is 0 Å². The summed E-state index contributed by atoms with van der Waals surface area (Å²) in [5.41, 5.74) is 0. The molecule has 0 aliphatic rings. The maximum atomic E-state index is 10.8. The van der Waals surface area contributed by atoms with Crippen molar-refractivity contribution in [3.63, 3.8) is 0 Å². The molecule has 0 bridgehead atoms. The van der Waals surface area contributed by atoms with Gasteiger partial charge < -0.3 is 39.8 Å². The van der Waals surface area contributed by atoms with Crippen LogP contribution in [0.25, 0.3) is 0 Å². The SMILES string of the molecule is COB(O)F.OB(O)F.OB(O)F.OB(O)F. The molecule has 0 amide bonds. The third kappa shape index (κ3) is 1060. The van der Waals surface area contributed by atoms with Crippen LogP contribution in [0.2, 0.25) is 0 Å². The van der Waals surface area contributed by atoms with E-state index in [1.165, 1.54) is 0 Å². The first-order valence-electron chi connectivity index (χ1n) is 3.32.